The van der Waals surface area contributed by atoms with E-state index in [2.05, 4.69) is 54.2 Å². The van der Waals surface area contributed by atoms with E-state index in [1.165, 1.54) is 56.9 Å². The SMILES string of the molecule is C=C(CC[C@@H](C)[C@H]1CC[C@@]2(C)C3=CC[C@H]4C[C@@H](O)CC[C@]4(C)[C@H]3CC[C@]12C)C(C)C. The molecule has 0 unspecified atom stereocenters. The van der Waals surface area contributed by atoms with Crippen LogP contribution in [-0.4, -0.2) is 11.2 Å². The van der Waals surface area contributed by atoms with Crippen LogP contribution in [0.5, 0.6) is 0 Å². The topological polar surface area (TPSA) is 20.2 Å². The molecular weight excluding hydrogens is 364 g/mol. The summed E-state index contributed by atoms with van der Waals surface area (Å²) in [6.07, 6.45) is 15.2. The molecule has 1 N–H and O–H groups in total. The lowest BCUT2D eigenvalue weighted by atomic mass is 9.43. The molecule has 0 radical (unpaired) electrons. The molecule has 1 heteroatoms. The van der Waals surface area contributed by atoms with E-state index in [4.69, 9.17) is 0 Å². The molecule has 30 heavy (non-hydrogen) atoms. The minimum absolute atomic E-state index is 0.0558. The van der Waals surface area contributed by atoms with Gasteiger partial charge in [0.2, 0.25) is 0 Å². The number of allylic oxidation sites excluding steroid dienone is 3. The van der Waals surface area contributed by atoms with Gasteiger partial charge in [0.15, 0.2) is 0 Å². The third kappa shape index (κ3) is 3.28. The molecule has 1 nitrogen and oxygen atoms in total. The molecular formula is C29H48O. The van der Waals surface area contributed by atoms with Gasteiger partial charge >= 0.3 is 0 Å². The van der Waals surface area contributed by atoms with Gasteiger partial charge in [0.05, 0.1) is 6.10 Å². The second-order valence-electron chi connectivity index (χ2n) is 12.8. The van der Waals surface area contributed by atoms with Crippen molar-refractivity contribution in [2.24, 2.45) is 45.8 Å². The standard InChI is InChI=1S/C29H48O/c1-19(2)20(3)8-9-21(4)24-13-16-29(7)26-11-10-22-18-23(30)12-15-27(22,5)25(26)14-17-28(24,29)6/h11,19,21-25,30H,3,8-10,12-18H2,1-2,4-7H3/t21-,22+,23+,24-,25+,27+,28-,29+/m1/s1. The van der Waals surface area contributed by atoms with Gasteiger partial charge in [-0.2, -0.15) is 0 Å². The van der Waals surface area contributed by atoms with E-state index in [0.29, 0.717) is 28.1 Å². The summed E-state index contributed by atoms with van der Waals surface area (Å²) in [6.45, 7) is 19.3. The molecule has 4 rings (SSSR count). The average molecular weight is 413 g/mol. The summed E-state index contributed by atoms with van der Waals surface area (Å²) in [5.41, 5.74) is 4.53. The van der Waals surface area contributed by atoms with Gasteiger partial charge in [-0.15, -0.1) is 0 Å². The minimum atomic E-state index is -0.0558. The molecule has 0 bridgehead atoms. The summed E-state index contributed by atoms with van der Waals surface area (Å²) in [7, 11) is 0. The molecule has 3 fully saturated rings. The maximum atomic E-state index is 10.3. The predicted octanol–water partition coefficient (Wildman–Crippen LogP) is 7.94. The predicted molar refractivity (Wildman–Crippen MR) is 128 cm³/mol. The zero-order chi connectivity index (χ0) is 21.9. The van der Waals surface area contributed by atoms with E-state index in [1.54, 1.807) is 0 Å². The monoisotopic (exact) mass is 412 g/mol. The van der Waals surface area contributed by atoms with Crippen molar-refractivity contribution in [3.8, 4) is 0 Å². The maximum Gasteiger partial charge on any atom is 0.0543 e. The molecule has 8 atom stereocenters. The van der Waals surface area contributed by atoms with Crippen LogP contribution in [0.2, 0.25) is 0 Å². The van der Waals surface area contributed by atoms with E-state index in [-0.39, 0.29) is 6.10 Å². The summed E-state index contributed by atoms with van der Waals surface area (Å²) < 4.78 is 0. The average Bonchev–Trinajstić information content (AvgIpc) is 2.97. The van der Waals surface area contributed by atoms with Crippen LogP contribution in [0.25, 0.3) is 0 Å². The maximum absolute atomic E-state index is 10.3. The highest BCUT2D eigenvalue weighted by Crippen LogP contribution is 2.72. The van der Waals surface area contributed by atoms with Crippen LogP contribution in [0.3, 0.4) is 0 Å². The highest BCUT2D eigenvalue weighted by molar-refractivity contribution is 5.32. The Morgan fingerprint density at radius 2 is 1.83 bits per heavy atom. The lowest BCUT2D eigenvalue weighted by Gasteiger charge is -2.61. The summed E-state index contributed by atoms with van der Waals surface area (Å²) in [5, 5.41) is 10.3. The van der Waals surface area contributed by atoms with Crippen molar-refractivity contribution in [2.45, 2.75) is 112 Å². The van der Waals surface area contributed by atoms with E-state index < -0.39 is 0 Å². The van der Waals surface area contributed by atoms with Crippen LogP contribution < -0.4 is 0 Å². The normalized spacial score (nSPS) is 46.6. The van der Waals surface area contributed by atoms with Crippen molar-refractivity contribution < 1.29 is 5.11 Å². The van der Waals surface area contributed by atoms with Gasteiger partial charge in [-0.1, -0.05) is 65.3 Å². The molecule has 0 heterocycles. The minimum Gasteiger partial charge on any atom is -0.393 e. The van der Waals surface area contributed by atoms with Crippen LogP contribution >= 0.6 is 0 Å². The van der Waals surface area contributed by atoms with E-state index in [0.717, 1.165) is 30.6 Å². The Hall–Kier alpha value is -0.560. The number of hydrogen-bond donors (Lipinski definition) is 1. The van der Waals surface area contributed by atoms with Gasteiger partial charge in [0, 0.05) is 0 Å². The van der Waals surface area contributed by atoms with Crippen molar-refractivity contribution >= 4 is 0 Å². The molecule has 0 aromatic heterocycles. The van der Waals surface area contributed by atoms with Crippen molar-refractivity contribution in [2.75, 3.05) is 0 Å². The zero-order valence-corrected chi connectivity index (χ0v) is 20.8. The Morgan fingerprint density at radius 3 is 2.53 bits per heavy atom. The second-order valence-corrected chi connectivity index (χ2v) is 12.8. The van der Waals surface area contributed by atoms with Crippen LogP contribution in [0, 0.1) is 45.8 Å². The van der Waals surface area contributed by atoms with Crippen molar-refractivity contribution in [1.82, 2.24) is 0 Å². The van der Waals surface area contributed by atoms with E-state index in [1.807, 2.05) is 5.57 Å². The molecule has 0 amide bonds. The Balaban J connectivity index is 1.56. The van der Waals surface area contributed by atoms with Crippen LogP contribution in [-0.2, 0) is 0 Å². The number of aliphatic hydroxyl groups excluding tert-OH is 1. The van der Waals surface area contributed by atoms with Gasteiger partial charge in [-0.25, -0.2) is 0 Å². The van der Waals surface area contributed by atoms with Crippen LogP contribution in [0.4, 0.5) is 0 Å². The molecule has 170 valence electrons. The van der Waals surface area contributed by atoms with Crippen molar-refractivity contribution in [3.63, 3.8) is 0 Å². The van der Waals surface area contributed by atoms with Gasteiger partial charge in [-0.05, 0) is 110 Å². The van der Waals surface area contributed by atoms with Gasteiger partial charge in [-0.3, -0.25) is 0 Å². The first-order valence-electron chi connectivity index (χ1n) is 13.1. The number of rotatable bonds is 5. The zero-order valence-electron chi connectivity index (χ0n) is 20.8. The third-order valence-electron chi connectivity index (χ3n) is 11.3. The molecule has 4 aliphatic rings. The smallest absolute Gasteiger partial charge is 0.0543 e. The lowest BCUT2D eigenvalue weighted by Crippen LogP contribution is -2.53. The first kappa shape index (κ1) is 22.6. The highest BCUT2D eigenvalue weighted by atomic mass is 16.3. The van der Waals surface area contributed by atoms with Gasteiger partial charge in [0.25, 0.3) is 0 Å². The Labute approximate surface area is 186 Å². The largest absolute Gasteiger partial charge is 0.393 e. The molecule has 0 aromatic carbocycles. The summed E-state index contributed by atoms with van der Waals surface area (Å²) in [4.78, 5) is 0. The highest BCUT2D eigenvalue weighted by Gasteiger charge is 2.63. The Kier molecular flexibility index (Phi) is 5.87. The van der Waals surface area contributed by atoms with Gasteiger partial charge in [0.1, 0.15) is 0 Å². The number of fused-ring (bicyclic) bond motifs is 5. The molecule has 0 aliphatic heterocycles. The molecule has 0 saturated heterocycles. The molecule has 0 aromatic rings. The quantitative estimate of drug-likeness (QED) is 0.454. The van der Waals surface area contributed by atoms with E-state index in [9.17, 15) is 5.11 Å². The molecule has 4 aliphatic carbocycles. The summed E-state index contributed by atoms with van der Waals surface area (Å²) in [6, 6.07) is 0. The Morgan fingerprint density at radius 1 is 1.10 bits per heavy atom. The number of hydrogen-bond acceptors (Lipinski definition) is 1. The summed E-state index contributed by atoms with van der Waals surface area (Å²) >= 11 is 0. The number of aliphatic hydroxyl groups is 1. The lowest BCUT2D eigenvalue weighted by molar-refractivity contribution is -0.0627. The van der Waals surface area contributed by atoms with E-state index >= 15 is 0 Å². The second kappa shape index (κ2) is 7.79. The fourth-order valence-electron chi connectivity index (χ4n) is 8.74. The first-order valence-corrected chi connectivity index (χ1v) is 13.1. The first-order chi connectivity index (χ1) is 14.0. The van der Waals surface area contributed by atoms with Gasteiger partial charge < -0.3 is 5.11 Å². The fourth-order valence-corrected chi connectivity index (χ4v) is 8.74. The summed E-state index contributed by atoms with van der Waals surface area (Å²) in [5.74, 6) is 3.72. The molecule has 0 spiro atoms. The van der Waals surface area contributed by atoms with Crippen LogP contribution in [0.1, 0.15) is 106 Å². The van der Waals surface area contributed by atoms with Crippen LogP contribution in [0.15, 0.2) is 23.8 Å². The Bertz CT molecular complexity index is 703. The van der Waals surface area contributed by atoms with Crippen molar-refractivity contribution in [1.29, 1.82) is 0 Å². The third-order valence-corrected chi connectivity index (χ3v) is 11.3. The molecule has 3 saturated carbocycles. The fraction of sp³-hybridized carbons (Fsp3) is 0.862. The van der Waals surface area contributed by atoms with Crippen molar-refractivity contribution in [3.05, 3.63) is 23.8 Å².